The minimum atomic E-state index is -1.08. The minimum absolute atomic E-state index is 0.104. The van der Waals surface area contributed by atoms with E-state index < -0.39 is 24.2 Å². The minimum Gasteiger partial charge on any atom is -0.394 e. The maximum absolute atomic E-state index is 12.6. The Bertz CT molecular complexity index is 984. The average molecular weight is 392 g/mol. The maximum Gasteiger partial charge on any atom is 0.262 e. The number of hydrogen-bond donors (Lipinski definition) is 4. The lowest BCUT2D eigenvalue weighted by atomic mass is 10.2. The lowest BCUT2D eigenvalue weighted by Gasteiger charge is -2.10. The predicted molar refractivity (Wildman–Crippen MR) is 101 cm³/mol. The van der Waals surface area contributed by atoms with Crippen LogP contribution in [0.25, 0.3) is 10.2 Å². The van der Waals surface area contributed by atoms with E-state index >= 15 is 0 Å². The van der Waals surface area contributed by atoms with Crippen LogP contribution in [-0.2, 0) is 6.54 Å². The first-order valence-corrected chi connectivity index (χ1v) is 9.33. The average Bonchev–Trinajstić information content (AvgIpc) is 3.09. The van der Waals surface area contributed by atoms with Gasteiger partial charge >= 0.3 is 0 Å². The van der Waals surface area contributed by atoms with E-state index in [2.05, 4.69) is 10.3 Å². The van der Waals surface area contributed by atoms with E-state index in [9.17, 15) is 14.7 Å². The molecule has 0 saturated carbocycles. The number of anilines is 1. The van der Waals surface area contributed by atoms with Crippen LogP contribution in [0.1, 0.15) is 10.4 Å². The van der Waals surface area contributed by atoms with Gasteiger partial charge in [0.2, 0.25) is 0 Å². The molecule has 0 spiro atoms. The molecule has 3 rings (SSSR count). The van der Waals surface area contributed by atoms with Crippen molar-refractivity contribution in [3.8, 4) is 0 Å². The number of thiophene rings is 1. The van der Waals surface area contributed by atoms with Gasteiger partial charge < -0.3 is 15.5 Å². The van der Waals surface area contributed by atoms with E-state index in [4.69, 9.17) is 10.2 Å². The maximum atomic E-state index is 12.6. The van der Waals surface area contributed by atoms with Crippen LogP contribution in [0.4, 0.5) is 5.69 Å². The molecule has 0 fully saturated rings. The third-order valence-electron chi connectivity index (χ3n) is 3.67. The molecule has 0 saturated heterocycles. The van der Waals surface area contributed by atoms with E-state index in [0.29, 0.717) is 10.5 Å². The van der Waals surface area contributed by atoms with Crippen LogP contribution >= 0.6 is 23.3 Å². The number of aliphatic hydroxyl groups excluding tert-OH is 2. The highest BCUT2D eigenvalue weighted by molar-refractivity contribution is 7.97. The largest absolute Gasteiger partial charge is 0.394 e. The Morgan fingerprint density at radius 1 is 1.38 bits per heavy atom. The fourth-order valence-electron chi connectivity index (χ4n) is 2.36. The molecule has 136 valence electrons. The van der Waals surface area contributed by atoms with Gasteiger partial charge in [-0.3, -0.25) is 19.3 Å². The Hall–Kier alpha value is -2.24. The highest BCUT2D eigenvalue weighted by atomic mass is 32.2. The summed E-state index contributed by atoms with van der Waals surface area (Å²) in [5.74, 6) is -0.427. The van der Waals surface area contributed by atoms with E-state index in [1.165, 1.54) is 22.2 Å². The van der Waals surface area contributed by atoms with Crippen molar-refractivity contribution in [3.05, 3.63) is 51.9 Å². The second-order valence-corrected chi connectivity index (χ2v) is 7.03. The number of nitrogens with one attached hydrogen (secondary N) is 1. The van der Waals surface area contributed by atoms with Crippen LogP contribution < -0.4 is 16.0 Å². The summed E-state index contributed by atoms with van der Waals surface area (Å²) in [6, 6.07) is 6.99. The number of amides is 1. The Balaban J connectivity index is 1.92. The fraction of sp³-hybridized carbons (Fsp3) is 0.188. The number of benzene rings is 1. The molecule has 1 unspecified atom stereocenters. The molecule has 3 aromatic rings. The van der Waals surface area contributed by atoms with Gasteiger partial charge in [-0.2, -0.15) is 0 Å². The molecule has 0 radical (unpaired) electrons. The topological polar surface area (TPSA) is 130 Å². The highest BCUT2D eigenvalue weighted by Gasteiger charge is 2.18. The molecule has 26 heavy (non-hydrogen) atoms. The summed E-state index contributed by atoms with van der Waals surface area (Å²) in [5, 5.41) is 28.5. The van der Waals surface area contributed by atoms with E-state index in [0.717, 1.165) is 16.8 Å². The molecule has 1 amide bonds. The number of carbonyl (C=O) groups excluding carboxylic acids is 1. The summed E-state index contributed by atoms with van der Waals surface area (Å²) in [4.78, 5) is 30.7. The van der Waals surface area contributed by atoms with E-state index in [-0.39, 0.29) is 17.5 Å². The highest BCUT2D eigenvalue weighted by Crippen LogP contribution is 2.23. The van der Waals surface area contributed by atoms with Gasteiger partial charge in [0.1, 0.15) is 4.83 Å². The van der Waals surface area contributed by atoms with Crippen molar-refractivity contribution in [2.24, 2.45) is 5.14 Å². The van der Waals surface area contributed by atoms with Crippen molar-refractivity contribution < 1.29 is 15.0 Å². The molecule has 0 aliphatic carbocycles. The summed E-state index contributed by atoms with van der Waals surface area (Å²) in [7, 11) is 0. The first-order valence-electron chi connectivity index (χ1n) is 7.57. The van der Waals surface area contributed by atoms with Gasteiger partial charge in [0.05, 0.1) is 36.5 Å². The van der Waals surface area contributed by atoms with Gasteiger partial charge in [-0.15, -0.1) is 11.3 Å². The molecule has 1 aromatic carbocycles. The third kappa shape index (κ3) is 3.79. The summed E-state index contributed by atoms with van der Waals surface area (Å²) in [6.45, 7) is -0.577. The van der Waals surface area contributed by atoms with Gasteiger partial charge in [-0.05, 0) is 36.2 Å². The second kappa shape index (κ2) is 7.98. The van der Waals surface area contributed by atoms with Gasteiger partial charge in [0.25, 0.3) is 11.5 Å². The van der Waals surface area contributed by atoms with Crippen molar-refractivity contribution in [3.63, 3.8) is 0 Å². The fourth-order valence-corrected chi connectivity index (χ4v) is 3.54. The van der Waals surface area contributed by atoms with Crippen LogP contribution in [0.15, 0.2) is 45.7 Å². The number of aromatic nitrogens is 2. The van der Waals surface area contributed by atoms with Gasteiger partial charge in [-0.1, -0.05) is 0 Å². The summed E-state index contributed by atoms with van der Waals surface area (Å²) in [5.41, 5.74) is 0.350. The lowest BCUT2D eigenvalue weighted by molar-refractivity contribution is 0.0803. The molecule has 0 aliphatic rings. The molecule has 2 heterocycles. The Kier molecular flexibility index (Phi) is 5.69. The SMILES string of the molecule is NSc1ccc(NC(=O)c2csc3ncn(CC(O)CO)c(=O)c23)cc1. The van der Waals surface area contributed by atoms with Gasteiger partial charge in [-0.25, -0.2) is 4.98 Å². The smallest absolute Gasteiger partial charge is 0.262 e. The molecular weight excluding hydrogens is 376 g/mol. The normalized spacial score (nSPS) is 12.3. The van der Waals surface area contributed by atoms with Crippen molar-refractivity contribution in [2.45, 2.75) is 17.5 Å². The van der Waals surface area contributed by atoms with Gasteiger partial charge in [0.15, 0.2) is 0 Å². The molecule has 0 bridgehead atoms. The summed E-state index contributed by atoms with van der Waals surface area (Å²) in [6.07, 6.45) is 0.215. The van der Waals surface area contributed by atoms with Crippen LogP contribution in [-0.4, -0.2) is 38.4 Å². The number of hydrogen-bond acceptors (Lipinski definition) is 8. The molecule has 0 aliphatic heterocycles. The van der Waals surface area contributed by atoms with Crippen molar-refractivity contribution in [1.82, 2.24) is 9.55 Å². The van der Waals surface area contributed by atoms with Crippen molar-refractivity contribution >= 4 is 45.1 Å². The lowest BCUT2D eigenvalue weighted by Crippen LogP contribution is -2.29. The molecule has 10 heteroatoms. The molecule has 2 aromatic heterocycles. The standard InChI is InChI=1S/C16H16N4O4S2/c17-26-11-3-1-9(2-4-11)19-14(23)12-7-25-15-13(12)16(24)20(8-18-15)5-10(22)6-21/h1-4,7-8,10,21-22H,5-6,17H2,(H,19,23). The van der Waals surface area contributed by atoms with Crippen LogP contribution in [0, 0.1) is 0 Å². The molecule has 8 nitrogen and oxygen atoms in total. The monoisotopic (exact) mass is 392 g/mol. The number of nitrogens with zero attached hydrogens (tertiary/aromatic N) is 2. The van der Waals surface area contributed by atoms with Crippen molar-refractivity contribution in [1.29, 1.82) is 0 Å². The van der Waals surface area contributed by atoms with Crippen LogP contribution in [0.3, 0.4) is 0 Å². The summed E-state index contributed by atoms with van der Waals surface area (Å²) < 4.78 is 1.18. The number of aliphatic hydroxyl groups is 2. The Morgan fingerprint density at radius 2 is 2.12 bits per heavy atom. The molecule has 1 atom stereocenters. The number of fused-ring (bicyclic) bond motifs is 1. The summed E-state index contributed by atoms with van der Waals surface area (Å²) >= 11 is 2.29. The van der Waals surface area contributed by atoms with Crippen LogP contribution in [0.5, 0.6) is 0 Å². The number of nitrogens with two attached hydrogens (primary N) is 1. The zero-order chi connectivity index (χ0) is 18.7. The number of carbonyl (C=O) groups is 1. The second-order valence-electron chi connectivity index (χ2n) is 5.46. The zero-order valence-electron chi connectivity index (χ0n) is 13.5. The molecular formula is C16H16N4O4S2. The Morgan fingerprint density at radius 3 is 2.77 bits per heavy atom. The van der Waals surface area contributed by atoms with Crippen LogP contribution in [0.2, 0.25) is 0 Å². The predicted octanol–water partition coefficient (Wildman–Crippen LogP) is 1.03. The van der Waals surface area contributed by atoms with E-state index in [1.54, 1.807) is 29.6 Å². The van der Waals surface area contributed by atoms with Gasteiger partial charge in [0, 0.05) is 16.0 Å². The first-order chi connectivity index (χ1) is 12.5. The zero-order valence-corrected chi connectivity index (χ0v) is 15.1. The number of rotatable bonds is 6. The van der Waals surface area contributed by atoms with E-state index in [1.807, 2.05) is 0 Å². The Labute approximate surface area is 156 Å². The first kappa shape index (κ1) is 18.5. The quantitative estimate of drug-likeness (QED) is 0.461. The van der Waals surface area contributed by atoms with Crippen molar-refractivity contribution in [2.75, 3.05) is 11.9 Å². The third-order valence-corrected chi connectivity index (χ3v) is 5.10. The molecule has 5 N–H and O–H groups in total.